The Kier molecular flexibility index (Phi) is 4.39. The van der Waals surface area contributed by atoms with Crippen LogP contribution >= 0.6 is 27.7 Å². The molecule has 1 fully saturated rings. The molecule has 1 aromatic rings. The van der Waals surface area contributed by atoms with Gasteiger partial charge in [-0.25, -0.2) is 0 Å². The Labute approximate surface area is 116 Å². The van der Waals surface area contributed by atoms with Gasteiger partial charge in [-0.3, -0.25) is 0 Å². The Balaban J connectivity index is 2.36. The van der Waals surface area contributed by atoms with E-state index < -0.39 is 0 Å². The van der Waals surface area contributed by atoms with Crippen molar-refractivity contribution in [3.05, 3.63) is 28.2 Å². The molecule has 4 heteroatoms. The maximum atomic E-state index is 6.08. The second-order valence-electron chi connectivity index (χ2n) is 4.61. The average Bonchev–Trinajstić information content (AvgIpc) is 2.30. The SMILES string of the molecule is CC(N)c1cc(Br)ccc1N1CCSCC1C. The molecule has 0 radical (unpaired) electrons. The number of hydrogen-bond donors (Lipinski definition) is 1. The number of benzene rings is 1. The number of rotatable bonds is 2. The number of anilines is 1. The van der Waals surface area contributed by atoms with Gasteiger partial charge in [-0.15, -0.1) is 0 Å². The second-order valence-corrected chi connectivity index (χ2v) is 6.67. The smallest absolute Gasteiger partial charge is 0.0418 e. The Morgan fingerprint density at radius 2 is 2.29 bits per heavy atom. The molecule has 1 aliphatic rings. The van der Waals surface area contributed by atoms with Crippen molar-refractivity contribution in [1.29, 1.82) is 0 Å². The molecule has 2 nitrogen and oxygen atoms in total. The van der Waals surface area contributed by atoms with Gasteiger partial charge in [0, 0.05) is 40.3 Å². The third-order valence-electron chi connectivity index (χ3n) is 3.16. The monoisotopic (exact) mass is 314 g/mol. The van der Waals surface area contributed by atoms with E-state index in [1.165, 1.54) is 22.8 Å². The lowest BCUT2D eigenvalue weighted by atomic mass is 10.0. The predicted molar refractivity (Wildman–Crippen MR) is 80.9 cm³/mol. The van der Waals surface area contributed by atoms with Gasteiger partial charge in [0.15, 0.2) is 0 Å². The van der Waals surface area contributed by atoms with E-state index in [9.17, 15) is 0 Å². The summed E-state index contributed by atoms with van der Waals surface area (Å²) in [5.41, 5.74) is 8.62. The highest BCUT2D eigenvalue weighted by Crippen LogP contribution is 2.32. The summed E-state index contributed by atoms with van der Waals surface area (Å²) in [6.45, 7) is 5.46. The van der Waals surface area contributed by atoms with Crippen LogP contribution in [0.25, 0.3) is 0 Å². The van der Waals surface area contributed by atoms with Crippen LogP contribution in [0.3, 0.4) is 0 Å². The van der Waals surface area contributed by atoms with Crippen LogP contribution in [0.1, 0.15) is 25.5 Å². The third kappa shape index (κ3) is 2.98. The fourth-order valence-electron chi connectivity index (χ4n) is 2.24. The summed E-state index contributed by atoms with van der Waals surface area (Å²) in [7, 11) is 0. The summed E-state index contributed by atoms with van der Waals surface area (Å²) >= 11 is 5.56. The summed E-state index contributed by atoms with van der Waals surface area (Å²) < 4.78 is 1.10. The van der Waals surface area contributed by atoms with Crippen molar-refractivity contribution in [3.8, 4) is 0 Å². The van der Waals surface area contributed by atoms with Gasteiger partial charge in [0.2, 0.25) is 0 Å². The minimum absolute atomic E-state index is 0.0734. The molecule has 1 aromatic carbocycles. The molecular weight excluding hydrogens is 296 g/mol. The Bertz CT molecular complexity index is 395. The largest absolute Gasteiger partial charge is 0.367 e. The summed E-state index contributed by atoms with van der Waals surface area (Å²) in [5, 5.41) is 0. The van der Waals surface area contributed by atoms with Crippen LogP contribution in [0.4, 0.5) is 5.69 Å². The molecule has 1 heterocycles. The molecule has 0 saturated carbocycles. The first kappa shape index (κ1) is 13.2. The molecule has 0 aliphatic carbocycles. The highest BCUT2D eigenvalue weighted by Gasteiger charge is 2.22. The van der Waals surface area contributed by atoms with E-state index in [2.05, 4.69) is 52.9 Å². The molecular formula is C13H19BrN2S. The van der Waals surface area contributed by atoms with Crippen molar-refractivity contribution >= 4 is 33.4 Å². The standard InChI is InChI=1S/C13H19BrN2S/c1-9-8-17-6-5-16(9)13-4-3-11(14)7-12(13)10(2)15/h3-4,7,9-10H,5-6,8,15H2,1-2H3. The van der Waals surface area contributed by atoms with Gasteiger partial charge in [0.25, 0.3) is 0 Å². The van der Waals surface area contributed by atoms with E-state index in [1.54, 1.807) is 0 Å². The van der Waals surface area contributed by atoms with E-state index >= 15 is 0 Å². The van der Waals surface area contributed by atoms with E-state index in [4.69, 9.17) is 5.73 Å². The molecule has 2 unspecified atom stereocenters. The Hall–Kier alpha value is -0.190. The summed E-state index contributed by atoms with van der Waals surface area (Å²) in [4.78, 5) is 2.49. The molecule has 1 saturated heterocycles. The molecule has 2 atom stereocenters. The van der Waals surface area contributed by atoms with E-state index in [1.807, 2.05) is 11.8 Å². The van der Waals surface area contributed by atoms with Gasteiger partial charge in [0.1, 0.15) is 0 Å². The first-order valence-electron chi connectivity index (χ1n) is 5.99. The molecule has 0 spiro atoms. The van der Waals surface area contributed by atoms with E-state index in [-0.39, 0.29) is 6.04 Å². The van der Waals surface area contributed by atoms with Crippen LogP contribution in [0.15, 0.2) is 22.7 Å². The topological polar surface area (TPSA) is 29.3 Å². The fraction of sp³-hybridized carbons (Fsp3) is 0.538. The number of thioether (sulfide) groups is 1. The van der Waals surface area contributed by atoms with Gasteiger partial charge in [0.05, 0.1) is 0 Å². The first-order valence-corrected chi connectivity index (χ1v) is 7.94. The summed E-state index contributed by atoms with van der Waals surface area (Å²) in [5.74, 6) is 2.41. The van der Waals surface area contributed by atoms with Gasteiger partial charge in [-0.1, -0.05) is 15.9 Å². The van der Waals surface area contributed by atoms with Crippen LogP contribution in [0.2, 0.25) is 0 Å². The maximum Gasteiger partial charge on any atom is 0.0418 e. The van der Waals surface area contributed by atoms with Gasteiger partial charge in [-0.05, 0) is 37.6 Å². The lowest BCUT2D eigenvalue weighted by Crippen LogP contribution is -2.41. The van der Waals surface area contributed by atoms with Gasteiger partial charge in [-0.2, -0.15) is 11.8 Å². The molecule has 1 aliphatic heterocycles. The van der Waals surface area contributed by atoms with Crippen LogP contribution in [-0.4, -0.2) is 24.1 Å². The van der Waals surface area contributed by atoms with Crippen molar-refractivity contribution in [2.45, 2.75) is 25.9 Å². The van der Waals surface area contributed by atoms with E-state index in [0.29, 0.717) is 6.04 Å². The molecule has 0 amide bonds. The summed E-state index contributed by atoms with van der Waals surface area (Å²) in [6.07, 6.45) is 0. The lowest BCUT2D eigenvalue weighted by Gasteiger charge is -2.37. The third-order valence-corrected chi connectivity index (χ3v) is 4.84. The fourth-order valence-corrected chi connectivity index (χ4v) is 3.63. The molecule has 2 N–H and O–H groups in total. The Morgan fingerprint density at radius 3 is 2.94 bits per heavy atom. The van der Waals surface area contributed by atoms with Crippen molar-refractivity contribution in [2.75, 3.05) is 23.0 Å². The van der Waals surface area contributed by atoms with Crippen LogP contribution < -0.4 is 10.6 Å². The molecule has 2 rings (SSSR count). The van der Waals surface area contributed by atoms with Gasteiger partial charge < -0.3 is 10.6 Å². The van der Waals surface area contributed by atoms with Gasteiger partial charge >= 0.3 is 0 Å². The number of nitrogens with two attached hydrogens (primary N) is 1. The minimum atomic E-state index is 0.0734. The highest BCUT2D eigenvalue weighted by molar-refractivity contribution is 9.10. The lowest BCUT2D eigenvalue weighted by molar-refractivity contribution is 0.687. The number of halogens is 1. The Morgan fingerprint density at radius 1 is 1.53 bits per heavy atom. The van der Waals surface area contributed by atoms with Crippen molar-refractivity contribution in [1.82, 2.24) is 0 Å². The number of nitrogens with zero attached hydrogens (tertiary/aromatic N) is 1. The molecule has 0 aromatic heterocycles. The zero-order valence-electron chi connectivity index (χ0n) is 10.3. The molecule has 0 bridgehead atoms. The first-order chi connectivity index (χ1) is 8.09. The predicted octanol–water partition coefficient (Wildman–Crippen LogP) is 3.41. The van der Waals surface area contributed by atoms with Crippen molar-refractivity contribution in [3.63, 3.8) is 0 Å². The van der Waals surface area contributed by atoms with Crippen LogP contribution in [0, 0.1) is 0 Å². The van der Waals surface area contributed by atoms with Crippen molar-refractivity contribution < 1.29 is 0 Å². The maximum absolute atomic E-state index is 6.08. The van der Waals surface area contributed by atoms with Crippen LogP contribution in [0.5, 0.6) is 0 Å². The highest BCUT2D eigenvalue weighted by atomic mass is 79.9. The quantitative estimate of drug-likeness (QED) is 0.907. The minimum Gasteiger partial charge on any atom is -0.367 e. The summed E-state index contributed by atoms with van der Waals surface area (Å²) in [6, 6.07) is 7.11. The molecule has 94 valence electrons. The van der Waals surface area contributed by atoms with E-state index in [0.717, 1.165) is 11.0 Å². The normalized spacial score (nSPS) is 22.6. The number of hydrogen-bond acceptors (Lipinski definition) is 3. The zero-order chi connectivity index (χ0) is 12.4. The second kappa shape index (κ2) is 5.63. The van der Waals surface area contributed by atoms with Crippen molar-refractivity contribution in [2.24, 2.45) is 5.73 Å². The molecule has 17 heavy (non-hydrogen) atoms. The van der Waals surface area contributed by atoms with Crippen LogP contribution in [-0.2, 0) is 0 Å². The zero-order valence-corrected chi connectivity index (χ0v) is 12.7. The average molecular weight is 315 g/mol.